The van der Waals surface area contributed by atoms with E-state index in [2.05, 4.69) is 5.32 Å². The summed E-state index contributed by atoms with van der Waals surface area (Å²) < 4.78 is 0. The van der Waals surface area contributed by atoms with Crippen LogP contribution in [0.2, 0.25) is 5.02 Å². The number of nitrogens with one attached hydrogen (secondary N) is 1. The van der Waals surface area contributed by atoms with Gasteiger partial charge >= 0.3 is 0 Å². The first-order valence-electron chi connectivity index (χ1n) is 6.57. The van der Waals surface area contributed by atoms with Crippen LogP contribution >= 0.6 is 11.6 Å². The largest absolute Gasteiger partial charge is 0.508 e. The summed E-state index contributed by atoms with van der Waals surface area (Å²) in [4.78, 5) is 10.2. The Kier molecular flexibility index (Phi) is 3.43. The van der Waals surface area contributed by atoms with Crippen molar-refractivity contribution < 1.29 is 10.0 Å². The minimum atomic E-state index is -0.474. The molecule has 2 N–H and O–H groups in total. The zero-order chi connectivity index (χ0) is 15.0. The fourth-order valence-electron chi connectivity index (χ4n) is 2.71. The maximum Gasteiger partial charge on any atom is 0.271 e. The molecule has 0 saturated carbocycles. The van der Waals surface area contributed by atoms with Gasteiger partial charge in [0.05, 0.1) is 21.7 Å². The van der Waals surface area contributed by atoms with E-state index in [4.69, 9.17) is 11.6 Å². The average Bonchev–Trinajstić information content (AvgIpc) is 2.85. The SMILES string of the molecule is O=[N+]([O-])c1ccc(NC2CCc3c(O)cccc32)c(Cl)c1. The molecule has 108 valence electrons. The first-order valence-corrected chi connectivity index (χ1v) is 6.95. The number of rotatable bonds is 3. The summed E-state index contributed by atoms with van der Waals surface area (Å²) in [6, 6.07) is 9.88. The van der Waals surface area contributed by atoms with Gasteiger partial charge in [-0.05, 0) is 36.1 Å². The molecule has 1 unspecified atom stereocenters. The van der Waals surface area contributed by atoms with Crippen LogP contribution < -0.4 is 5.32 Å². The highest BCUT2D eigenvalue weighted by molar-refractivity contribution is 6.33. The molecule has 0 heterocycles. The molecule has 2 aromatic rings. The smallest absolute Gasteiger partial charge is 0.271 e. The van der Waals surface area contributed by atoms with E-state index >= 15 is 0 Å². The average molecular weight is 305 g/mol. The fourth-order valence-corrected chi connectivity index (χ4v) is 2.94. The third-order valence-corrected chi connectivity index (χ3v) is 4.05. The second-order valence-corrected chi connectivity index (χ2v) is 5.41. The van der Waals surface area contributed by atoms with Crippen LogP contribution in [0.25, 0.3) is 0 Å². The predicted molar refractivity (Wildman–Crippen MR) is 80.9 cm³/mol. The zero-order valence-corrected chi connectivity index (χ0v) is 11.8. The van der Waals surface area contributed by atoms with E-state index in [0.29, 0.717) is 16.5 Å². The van der Waals surface area contributed by atoms with Gasteiger partial charge in [-0.3, -0.25) is 10.1 Å². The second-order valence-electron chi connectivity index (χ2n) is 5.00. The third-order valence-electron chi connectivity index (χ3n) is 3.74. The standard InChI is InChI=1S/C15H13ClN2O3/c16-12-8-9(18(20)21)4-6-14(12)17-13-7-5-11-10(13)2-1-3-15(11)19/h1-4,6,8,13,17,19H,5,7H2. The summed E-state index contributed by atoms with van der Waals surface area (Å²) >= 11 is 6.09. The number of hydrogen-bond donors (Lipinski definition) is 2. The summed E-state index contributed by atoms with van der Waals surface area (Å²) in [7, 11) is 0. The number of fused-ring (bicyclic) bond motifs is 1. The lowest BCUT2D eigenvalue weighted by atomic mass is 10.1. The number of nitrogens with zero attached hydrogens (tertiary/aromatic N) is 1. The van der Waals surface area contributed by atoms with E-state index < -0.39 is 4.92 Å². The van der Waals surface area contributed by atoms with E-state index in [1.165, 1.54) is 12.1 Å². The van der Waals surface area contributed by atoms with E-state index in [1.807, 2.05) is 12.1 Å². The number of benzene rings is 2. The Hall–Kier alpha value is -2.27. The number of nitro groups is 1. The zero-order valence-electron chi connectivity index (χ0n) is 11.0. The molecule has 0 bridgehead atoms. The monoisotopic (exact) mass is 304 g/mol. The van der Waals surface area contributed by atoms with Crippen molar-refractivity contribution in [3.63, 3.8) is 0 Å². The molecule has 0 aliphatic heterocycles. The number of halogens is 1. The molecule has 1 atom stereocenters. The highest BCUT2D eigenvalue weighted by Crippen LogP contribution is 2.39. The van der Waals surface area contributed by atoms with Crippen LogP contribution in [-0.2, 0) is 6.42 Å². The summed E-state index contributed by atoms with van der Waals surface area (Å²) in [5.74, 6) is 0.312. The van der Waals surface area contributed by atoms with Gasteiger partial charge in [-0.15, -0.1) is 0 Å². The van der Waals surface area contributed by atoms with Crippen molar-refractivity contribution in [2.75, 3.05) is 5.32 Å². The van der Waals surface area contributed by atoms with Gasteiger partial charge in [-0.2, -0.15) is 0 Å². The lowest BCUT2D eigenvalue weighted by Crippen LogP contribution is -2.07. The van der Waals surface area contributed by atoms with Crippen LogP contribution in [0, 0.1) is 10.1 Å². The van der Waals surface area contributed by atoms with Gasteiger partial charge in [0.2, 0.25) is 0 Å². The summed E-state index contributed by atoms with van der Waals surface area (Å²) in [6.07, 6.45) is 1.64. The minimum absolute atomic E-state index is 0.0324. The summed E-state index contributed by atoms with van der Waals surface area (Å²) in [5, 5.41) is 24.2. The molecule has 1 aliphatic carbocycles. The Morgan fingerprint density at radius 2 is 2.14 bits per heavy atom. The highest BCUT2D eigenvalue weighted by Gasteiger charge is 2.25. The van der Waals surface area contributed by atoms with Gasteiger partial charge in [0, 0.05) is 12.1 Å². The number of non-ortho nitro benzene ring substituents is 1. The molecule has 0 spiro atoms. The van der Waals surface area contributed by atoms with Crippen LogP contribution in [0.15, 0.2) is 36.4 Å². The third kappa shape index (κ3) is 2.52. The predicted octanol–water partition coefficient (Wildman–Crippen LogP) is 4.05. The maximum absolute atomic E-state index is 10.7. The normalized spacial score (nSPS) is 16.5. The van der Waals surface area contributed by atoms with Crippen molar-refractivity contribution >= 4 is 23.0 Å². The van der Waals surface area contributed by atoms with Gasteiger partial charge in [0.15, 0.2) is 0 Å². The number of nitro benzene ring substituents is 1. The Morgan fingerprint density at radius 3 is 2.86 bits per heavy atom. The lowest BCUT2D eigenvalue weighted by Gasteiger charge is -2.16. The molecule has 3 rings (SSSR count). The van der Waals surface area contributed by atoms with Crippen molar-refractivity contribution in [2.45, 2.75) is 18.9 Å². The maximum atomic E-state index is 10.7. The molecule has 0 amide bonds. The Bertz CT molecular complexity index is 718. The van der Waals surface area contributed by atoms with Crippen LogP contribution in [0.3, 0.4) is 0 Å². The van der Waals surface area contributed by atoms with Crippen molar-refractivity contribution in [1.29, 1.82) is 0 Å². The van der Waals surface area contributed by atoms with Gasteiger partial charge in [-0.25, -0.2) is 0 Å². The molecule has 0 aromatic heterocycles. The molecule has 0 saturated heterocycles. The molecule has 1 aliphatic rings. The van der Waals surface area contributed by atoms with Crippen molar-refractivity contribution in [3.05, 3.63) is 62.7 Å². The van der Waals surface area contributed by atoms with Gasteiger partial charge in [0.1, 0.15) is 5.75 Å². The number of hydrogen-bond acceptors (Lipinski definition) is 4. The highest BCUT2D eigenvalue weighted by atomic mass is 35.5. The summed E-state index contributed by atoms with van der Waals surface area (Å²) in [5.41, 5.74) is 2.62. The van der Waals surface area contributed by atoms with Gasteiger partial charge < -0.3 is 10.4 Å². The Balaban J connectivity index is 1.86. The number of anilines is 1. The summed E-state index contributed by atoms with van der Waals surface area (Å²) in [6.45, 7) is 0. The molecule has 6 heteroatoms. The van der Waals surface area contributed by atoms with Crippen molar-refractivity contribution in [3.8, 4) is 5.75 Å². The Morgan fingerprint density at radius 1 is 1.33 bits per heavy atom. The second kappa shape index (κ2) is 5.26. The van der Waals surface area contributed by atoms with Crippen LogP contribution in [0.4, 0.5) is 11.4 Å². The van der Waals surface area contributed by atoms with Gasteiger partial charge in [0.25, 0.3) is 5.69 Å². The molecule has 2 aromatic carbocycles. The van der Waals surface area contributed by atoms with E-state index in [9.17, 15) is 15.2 Å². The Labute approximate surface area is 126 Å². The molecule has 5 nitrogen and oxygen atoms in total. The van der Waals surface area contributed by atoms with E-state index in [-0.39, 0.29) is 11.7 Å². The molecule has 21 heavy (non-hydrogen) atoms. The first-order chi connectivity index (χ1) is 10.1. The van der Waals surface area contributed by atoms with Crippen LogP contribution in [0.5, 0.6) is 5.75 Å². The van der Waals surface area contributed by atoms with Crippen LogP contribution in [0.1, 0.15) is 23.6 Å². The quantitative estimate of drug-likeness (QED) is 0.662. The van der Waals surface area contributed by atoms with Crippen molar-refractivity contribution in [2.24, 2.45) is 0 Å². The van der Waals surface area contributed by atoms with Crippen LogP contribution in [-0.4, -0.2) is 10.0 Å². The van der Waals surface area contributed by atoms with Crippen molar-refractivity contribution in [1.82, 2.24) is 0 Å². The topological polar surface area (TPSA) is 75.4 Å². The first kappa shape index (κ1) is 13.7. The lowest BCUT2D eigenvalue weighted by molar-refractivity contribution is -0.384. The molecule has 0 fully saturated rings. The molecule has 0 radical (unpaired) electrons. The molecular weight excluding hydrogens is 292 g/mol. The number of aromatic hydroxyl groups is 1. The van der Waals surface area contributed by atoms with E-state index in [1.54, 1.807) is 12.1 Å². The minimum Gasteiger partial charge on any atom is -0.508 e. The van der Waals surface area contributed by atoms with E-state index in [0.717, 1.165) is 24.0 Å². The molecular formula is C15H13ClN2O3. The number of phenols is 1. The fraction of sp³-hybridized carbons (Fsp3) is 0.200. The van der Waals surface area contributed by atoms with Gasteiger partial charge in [-0.1, -0.05) is 23.7 Å². The number of phenolic OH excluding ortho intramolecular Hbond substituents is 1.